The number of carbonyl (C=O) groups excluding carboxylic acids is 2. The van der Waals surface area contributed by atoms with Gasteiger partial charge in [0.1, 0.15) is 0 Å². The number of rotatable bonds is 3. The number of piperazine rings is 1. The van der Waals surface area contributed by atoms with Gasteiger partial charge in [-0.3, -0.25) is 15.0 Å². The summed E-state index contributed by atoms with van der Waals surface area (Å²) in [4.78, 5) is 29.1. The fraction of sp³-hybridized carbons (Fsp3) is 0.556. The summed E-state index contributed by atoms with van der Waals surface area (Å²) in [5.41, 5.74) is 3.75. The van der Waals surface area contributed by atoms with Gasteiger partial charge in [0.2, 0.25) is 5.91 Å². The van der Waals surface area contributed by atoms with Gasteiger partial charge < -0.3 is 9.80 Å². The fourth-order valence-electron chi connectivity index (χ4n) is 3.29. The van der Waals surface area contributed by atoms with E-state index in [-0.39, 0.29) is 17.7 Å². The molecule has 0 aliphatic carbocycles. The van der Waals surface area contributed by atoms with Crippen molar-refractivity contribution in [3.63, 3.8) is 0 Å². The first-order chi connectivity index (χ1) is 12.0. The number of likely N-dealkylation sites (tertiary alicyclic amines) is 1. The molecule has 2 saturated heterocycles. The summed E-state index contributed by atoms with van der Waals surface area (Å²) in [6.07, 6.45) is 1.45. The lowest BCUT2D eigenvalue weighted by Gasteiger charge is -2.35. The van der Waals surface area contributed by atoms with E-state index in [2.05, 4.69) is 33.3 Å². The maximum absolute atomic E-state index is 12.5. The second kappa shape index (κ2) is 8.29. The van der Waals surface area contributed by atoms with Crippen LogP contribution in [0.4, 0.5) is 0 Å². The Hall–Kier alpha value is -1.44. The van der Waals surface area contributed by atoms with Crippen molar-refractivity contribution in [2.45, 2.75) is 12.8 Å². The Morgan fingerprint density at radius 2 is 1.60 bits per heavy atom. The molecule has 0 bridgehead atoms. The predicted octanol–water partition coefficient (Wildman–Crippen LogP) is 1.58. The number of hydrogen-bond acceptors (Lipinski definition) is 4. The molecule has 0 aromatic heterocycles. The molecule has 0 atom stereocenters. The highest BCUT2D eigenvalue weighted by Gasteiger charge is 2.29. The van der Waals surface area contributed by atoms with E-state index in [1.165, 1.54) is 0 Å². The highest BCUT2D eigenvalue weighted by Crippen LogP contribution is 2.20. The van der Waals surface area contributed by atoms with Gasteiger partial charge in [-0.25, -0.2) is 5.01 Å². The molecule has 0 unspecified atom stereocenters. The number of amides is 2. The van der Waals surface area contributed by atoms with Crippen molar-refractivity contribution in [3.8, 4) is 0 Å². The molecule has 2 amide bonds. The zero-order chi connectivity index (χ0) is 17.8. The van der Waals surface area contributed by atoms with E-state index in [1.807, 2.05) is 34.2 Å². The molecule has 2 heterocycles. The van der Waals surface area contributed by atoms with Crippen LogP contribution in [0.2, 0.25) is 0 Å². The molecule has 0 spiro atoms. The summed E-state index contributed by atoms with van der Waals surface area (Å²) in [7, 11) is 2.09. The highest BCUT2D eigenvalue weighted by atomic mass is 79.9. The third kappa shape index (κ3) is 4.80. The van der Waals surface area contributed by atoms with Gasteiger partial charge >= 0.3 is 0 Å². The van der Waals surface area contributed by atoms with Crippen LogP contribution >= 0.6 is 15.9 Å². The number of benzene rings is 1. The average molecular weight is 409 g/mol. The van der Waals surface area contributed by atoms with Crippen molar-refractivity contribution in [3.05, 3.63) is 34.3 Å². The smallest absolute Gasteiger partial charge is 0.253 e. The fourth-order valence-corrected chi connectivity index (χ4v) is 3.55. The largest absolute Gasteiger partial charge is 0.339 e. The minimum Gasteiger partial charge on any atom is -0.339 e. The molecule has 7 heteroatoms. The predicted molar refractivity (Wildman–Crippen MR) is 100.0 cm³/mol. The SMILES string of the molecule is CN1CCN(NC(=O)C2CCN(C(=O)c3ccc(Br)cc3)CC2)CC1. The Labute approximate surface area is 157 Å². The average Bonchev–Trinajstić information content (AvgIpc) is 2.64. The van der Waals surface area contributed by atoms with Crippen molar-refractivity contribution in [2.75, 3.05) is 46.3 Å². The number of nitrogens with one attached hydrogen (secondary N) is 1. The van der Waals surface area contributed by atoms with E-state index in [4.69, 9.17) is 0 Å². The minimum absolute atomic E-state index is 0.00590. The van der Waals surface area contributed by atoms with E-state index in [9.17, 15) is 9.59 Å². The Kier molecular flexibility index (Phi) is 6.09. The first kappa shape index (κ1) is 18.4. The quantitative estimate of drug-likeness (QED) is 0.824. The van der Waals surface area contributed by atoms with Crippen LogP contribution in [0, 0.1) is 5.92 Å². The Bertz CT molecular complexity index is 606. The van der Waals surface area contributed by atoms with Gasteiger partial charge in [0, 0.05) is 55.2 Å². The van der Waals surface area contributed by atoms with E-state index in [1.54, 1.807) is 0 Å². The van der Waals surface area contributed by atoms with Crippen LogP contribution in [0.5, 0.6) is 0 Å². The second-order valence-electron chi connectivity index (χ2n) is 6.84. The molecule has 1 aromatic carbocycles. The molecule has 1 N–H and O–H groups in total. The lowest BCUT2D eigenvalue weighted by molar-refractivity contribution is -0.132. The molecule has 6 nitrogen and oxygen atoms in total. The maximum Gasteiger partial charge on any atom is 0.253 e. The normalized spacial score (nSPS) is 20.5. The van der Waals surface area contributed by atoms with Crippen LogP contribution in [0.3, 0.4) is 0 Å². The summed E-state index contributed by atoms with van der Waals surface area (Å²) >= 11 is 3.38. The molecular formula is C18H25BrN4O2. The summed E-state index contributed by atoms with van der Waals surface area (Å²) in [6, 6.07) is 7.42. The molecule has 2 aliphatic heterocycles. The lowest BCUT2D eigenvalue weighted by Crippen LogP contribution is -2.54. The summed E-state index contributed by atoms with van der Waals surface area (Å²) in [5, 5.41) is 2.02. The zero-order valence-electron chi connectivity index (χ0n) is 14.6. The van der Waals surface area contributed by atoms with Crippen molar-refractivity contribution in [2.24, 2.45) is 5.92 Å². The molecule has 2 fully saturated rings. The van der Waals surface area contributed by atoms with E-state index in [0.717, 1.165) is 43.5 Å². The minimum atomic E-state index is -0.00590. The molecule has 2 aliphatic rings. The number of halogens is 1. The lowest BCUT2D eigenvalue weighted by atomic mass is 9.95. The van der Waals surface area contributed by atoms with Crippen LogP contribution in [-0.2, 0) is 4.79 Å². The van der Waals surface area contributed by atoms with Crippen LogP contribution in [0.1, 0.15) is 23.2 Å². The molecule has 3 rings (SSSR count). The zero-order valence-corrected chi connectivity index (χ0v) is 16.2. The molecule has 1 aromatic rings. The van der Waals surface area contributed by atoms with Gasteiger partial charge in [-0.05, 0) is 44.2 Å². The van der Waals surface area contributed by atoms with Crippen molar-refractivity contribution < 1.29 is 9.59 Å². The second-order valence-corrected chi connectivity index (χ2v) is 7.76. The van der Waals surface area contributed by atoms with Crippen LogP contribution in [0.15, 0.2) is 28.7 Å². The molecule has 0 saturated carbocycles. The van der Waals surface area contributed by atoms with Crippen molar-refractivity contribution in [1.29, 1.82) is 0 Å². The van der Waals surface area contributed by atoms with Crippen molar-refractivity contribution >= 4 is 27.7 Å². The molecule has 25 heavy (non-hydrogen) atoms. The summed E-state index contributed by atoms with van der Waals surface area (Å²) in [6.45, 7) is 4.94. The van der Waals surface area contributed by atoms with Crippen LogP contribution in [0.25, 0.3) is 0 Å². The maximum atomic E-state index is 12.5. The Morgan fingerprint density at radius 3 is 2.20 bits per heavy atom. The molecule has 0 radical (unpaired) electrons. The number of likely N-dealkylation sites (N-methyl/N-ethyl adjacent to an activating group) is 1. The van der Waals surface area contributed by atoms with Gasteiger partial charge in [-0.1, -0.05) is 15.9 Å². The third-order valence-electron chi connectivity index (χ3n) is 5.02. The standard InChI is InChI=1S/C18H25BrN4O2/c1-21-10-12-23(13-11-21)20-17(24)14-6-8-22(9-7-14)18(25)15-2-4-16(19)5-3-15/h2-5,14H,6-13H2,1H3,(H,20,24). The van der Waals surface area contributed by atoms with E-state index < -0.39 is 0 Å². The number of carbonyl (C=O) groups is 2. The first-order valence-electron chi connectivity index (χ1n) is 8.82. The van der Waals surface area contributed by atoms with Gasteiger partial charge in [0.25, 0.3) is 5.91 Å². The van der Waals surface area contributed by atoms with E-state index >= 15 is 0 Å². The highest BCUT2D eigenvalue weighted by molar-refractivity contribution is 9.10. The van der Waals surface area contributed by atoms with Gasteiger partial charge in [0.15, 0.2) is 0 Å². The molecular weight excluding hydrogens is 384 g/mol. The van der Waals surface area contributed by atoms with Gasteiger partial charge in [-0.15, -0.1) is 0 Å². The molecule has 136 valence electrons. The van der Waals surface area contributed by atoms with Crippen LogP contribution in [-0.4, -0.2) is 72.9 Å². The monoisotopic (exact) mass is 408 g/mol. The summed E-state index contributed by atoms with van der Waals surface area (Å²) in [5.74, 6) is 0.138. The van der Waals surface area contributed by atoms with Gasteiger partial charge in [0.05, 0.1) is 0 Å². The number of hydrazine groups is 1. The number of piperidine rings is 1. The number of nitrogens with zero attached hydrogens (tertiary/aromatic N) is 3. The summed E-state index contributed by atoms with van der Waals surface area (Å²) < 4.78 is 0.961. The van der Waals surface area contributed by atoms with E-state index in [0.29, 0.717) is 18.7 Å². The van der Waals surface area contributed by atoms with Gasteiger partial charge in [-0.2, -0.15) is 0 Å². The van der Waals surface area contributed by atoms with Crippen molar-refractivity contribution in [1.82, 2.24) is 20.2 Å². The van der Waals surface area contributed by atoms with Crippen LogP contribution < -0.4 is 5.43 Å². The number of hydrogen-bond donors (Lipinski definition) is 1. The first-order valence-corrected chi connectivity index (χ1v) is 9.61. The Morgan fingerprint density at radius 1 is 1.00 bits per heavy atom. The topological polar surface area (TPSA) is 55.9 Å². The third-order valence-corrected chi connectivity index (χ3v) is 5.54. The Balaban J connectivity index is 1.47.